The van der Waals surface area contributed by atoms with E-state index < -0.39 is 5.91 Å². The number of nitrogens with one attached hydrogen (secondary N) is 2. The van der Waals surface area contributed by atoms with Crippen LogP contribution in [0, 0.1) is 0 Å². The van der Waals surface area contributed by atoms with E-state index in [1.165, 1.54) is 18.4 Å². The number of rotatable bonds is 6. The Balaban J connectivity index is 1.21. The smallest absolute Gasteiger partial charge is 0.266 e. The lowest BCUT2D eigenvalue weighted by molar-refractivity contribution is 0.0995. The molecule has 0 saturated carbocycles. The fourth-order valence-corrected chi connectivity index (χ4v) is 5.18. The van der Waals surface area contributed by atoms with Gasteiger partial charge in [0, 0.05) is 42.6 Å². The monoisotopic (exact) mass is 458 g/mol. The third-order valence-electron chi connectivity index (χ3n) is 6.82. The largest absolute Gasteiger partial charge is 0.366 e. The van der Waals surface area contributed by atoms with Gasteiger partial charge < -0.3 is 16.0 Å². The summed E-state index contributed by atoms with van der Waals surface area (Å²) in [6.45, 7) is 6.79. The lowest BCUT2D eigenvalue weighted by Crippen LogP contribution is -2.48. The molecule has 2 bridgehead atoms. The molecule has 2 atom stereocenters. The number of aromatic nitrogens is 6. The molecule has 2 aliphatic heterocycles. The van der Waals surface area contributed by atoms with Crippen molar-refractivity contribution in [3.63, 3.8) is 0 Å². The van der Waals surface area contributed by atoms with E-state index >= 15 is 0 Å². The van der Waals surface area contributed by atoms with E-state index in [1.807, 2.05) is 0 Å². The first-order valence-electron chi connectivity index (χ1n) is 11.4. The van der Waals surface area contributed by atoms with Crippen LogP contribution >= 0.6 is 0 Å². The summed E-state index contributed by atoms with van der Waals surface area (Å²) in [6, 6.07) is 11.9. The maximum atomic E-state index is 11.4. The molecule has 3 aromatic heterocycles. The lowest BCUT2D eigenvalue weighted by Gasteiger charge is -2.37. The second-order valence-electron chi connectivity index (χ2n) is 9.18. The van der Waals surface area contributed by atoms with E-state index in [1.54, 1.807) is 16.8 Å². The molecule has 2 fully saturated rings. The highest BCUT2D eigenvalue weighted by Gasteiger charge is 2.43. The number of H-pyrrole nitrogens is 1. The molecule has 6 rings (SSSR count). The van der Waals surface area contributed by atoms with Crippen LogP contribution < -0.4 is 16.0 Å². The fourth-order valence-electron chi connectivity index (χ4n) is 5.18. The first-order chi connectivity index (χ1) is 16.5. The predicted molar refractivity (Wildman–Crippen MR) is 128 cm³/mol. The average molecular weight is 459 g/mol. The van der Waals surface area contributed by atoms with Gasteiger partial charge in [0.1, 0.15) is 23.4 Å². The van der Waals surface area contributed by atoms with Crippen molar-refractivity contribution >= 4 is 28.7 Å². The molecule has 4 N–H and O–H groups in total. The number of carbonyl (C=O) groups excluding carboxylic acids is 1. The van der Waals surface area contributed by atoms with E-state index in [0.29, 0.717) is 41.0 Å². The van der Waals surface area contributed by atoms with Crippen molar-refractivity contribution in [2.24, 2.45) is 5.73 Å². The third kappa shape index (κ3) is 3.36. The number of nitrogens with two attached hydrogens (primary N) is 1. The highest BCUT2D eigenvalue weighted by atomic mass is 16.1. The van der Waals surface area contributed by atoms with Crippen molar-refractivity contribution < 1.29 is 4.79 Å². The highest BCUT2D eigenvalue weighted by molar-refractivity contribution is 5.91. The Bertz CT molecular complexity index is 1360. The van der Waals surface area contributed by atoms with Gasteiger partial charge in [-0.2, -0.15) is 10.2 Å². The quantitative estimate of drug-likeness (QED) is 0.400. The molecule has 1 aromatic carbocycles. The predicted octanol–water partition coefficient (Wildman–Crippen LogP) is 2.03. The number of nitrogens with zero attached hydrogens (tertiary/aromatic N) is 7. The summed E-state index contributed by atoms with van der Waals surface area (Å²) in [7, 11) is 0. The second kappa shape index (κ2) is 7.80. The SMILES string of the molecule is CC(C)N1C[C@@H]2C[C@H]1CN2c1ccc(Nc2ncc(-c3cc(C(N)=O)[nH]n3)n3ncnc23)cc1. The van der Waals surface area contributed by atoms with Gasteiger partial charge in [-0.3, -0.25) is 14.8 Å². The van der Waals surface area contributed by atoms with Crippen LogP contribution in [0.5, 0.6) is 0 Å². The molecule has 0 aliphatic carbocycles. The van der Waals surface area contributed by atoms with Gasteiger partial charge in [-0.15, -0.1) is 0 Å². The summed E-state index contributed by atoms with van der Waals surface area (Å²) in [4.78, 5) is 25.4. The number of hydrogen-bond acceptors (Lipinski definition) is 8. The molecule has 11 heteroatoms. The Kier molecular flexibility index (Phi) is 4.73. The maximum Gasteiger partial charge on any atom is 0.266 e. The van der Waals surface area contributed by atoms with Gasteiger partial charge in [-0.1, -0.05) is 0 Å². The van der Waals surface area contributed by atoms with Crippen molar-refractivity contribution in [2.45, 2.75) is 38.4 Å². The van der Waals surface area contributed by atoms with Crippen LogP contribution in [0.2, 0.25) is 0 Å². The number of anilines is 3. The number of benzene rings is 1. The summed E-state index contributed by atoms with van der Waals surface area (Å²) < 4.78 is 1.63. The van der Waals surface area contributed by atoms with Gasteiger partial charge in [0.15, 0.2) is 11.5 Å². The molecule has 0 unspecified atom stereocenters. The Hall–Kier alpha value is -3.99. The zero-order valence-electron chi connectivity index (χ0n) is 19.0. The summed E-state index contributed by atoms with van der Waals surface area (Å²) >= 11 is 0. The number of hydrogen-bond donors (Lipinski definition) is 3. The van der Waals surface area contributed by atoms with E-state index in [-0.39, 0.29) is 5.69 Å². The molecule has 5 heterocycles. The minimum atomic E-state index is -0.581. The minimum absolute atomic E-state index is 0.216. The average Bonchev–Trinajstić information content (AvgIpc) is 3.63. The molecule has 174 valence electrons. The van der Waals surface area contributed by atoms with E-state index in [9.17, 15) is 4.79 Å². The Morgan fingerprint density at radius 1 is 1.18 bits per heavy atom. The van der Waals surface area contributed by atoms with Gasteiger partial charge in [0.2, 0.25) is 0 Å². The molecule has 11 nitrogen and oxygen atoms in total. The molecule has 4 aromatic rings. The molecule has 0 spiro atoms. The van der Waals surface area contributed by atoms with Gasteiger partial charge >= 0.3 is 0 Å². The van der Waals surface area contributed by atoms with Crippen molar-refractivity contribution in [3.05, 3.63) is 48.5 Å². The van der Waals surface area contributed by atoms with E-state index in [2.05, 4.69) is 78.5 Å². The molecule has 2 aliphatic rings. The zero-order valence-corrected chi connectivity index (χ0v) is 19.0. The van der Waals surface area contributed by atoms with Gasteiger partial charge in [-0.05, 0) is 50.6 Å². The third-order valence-corrected chi connectivity index (χ3v) is 6.82. The first kappa shape index (κ1) is 20.6. The standard InChI is InChI=1S/C23H26N10O/c1-13(2)31-10-17-7-16(31)11-32(17)15-5-3-14(4-6-15)28-22-23-26-12-27-33(23)20(9-25-22)18-8-19(21(24)34)30-29-18/h3-6,8-9,12-13,16-17H,7,10-11H2,1-2H3,(H2,24,34)(H,25,28)(H,29,30)/t16-,17-/m0/s1. The van der Waals surface area contributed by atoms with Crippen LogP contribution in [0.3, 0.4) is 0 Å². The Morgan fingerprint density at radius 2 is 2.00 bits per heavy atom. The van der Waals surface area contributed by atoms with Crippen LogP contribution in [-0.4, -0.2) is 71.8 Å². The minimum Gasteiger partial charge on any atom is -0.366 e. The van der Waals surface area contributed by atoms with Crippen molar-refractivity contribution in [3.8, 4) is 11.4 Å². The number of likely N-dealkylation sites (tertiary alicyclic amines) is 1. The highest BCUT2D eigenvalue weighted by Crippen LogP contribution is 2.36. The molecule has 2 saturated heterocycles. The topological polar surface area (TPSA) is 133 Å². The summed E-state index contributed by atoms with van der Waals surface area (Å²) in [5, 5.41) is 14.4. The first-order valence-corrected chi connectivity index (χ1v) is 11.4. The number of aromatic amines is 1. The van der Waals surface area contributed by atoms with Crippen LogP contribution in [-0.2, 0) is 0 Å². The summed E-state index contributed by atoms with van der Waals surface area (Å²) in [6.07, 6.45) is 4.34. The summed E-state index contributed by atoms with van der Waals surface area (Å²) in [5.74, 6) is -0.00486. The summed E-state index contributed by atoms with van der Waals surface area (Å²) in [5.41, 5.74) is 9.35. The maximum absolute atomic E-state index is 11.4. The number of primary amides is 1. The second-order valence-corrected chi connectivity index (χ2v) is 9.18. The normalized spacial score (nSPS) is 20.0. The Labute approximate surface area is 196 Å². The van der Waals surface area contributed by atoms with Gasteiger partial charge in [0.25, 0.3) is 5.91 Å². The zero-order chi connectivity index (χ0) is 23.4. The number of piperazine rings is 1. The van der Waals surface area contributed by atoms with Crippen molar-refractivity contribution in [1.29, 1.82) is 0 Å². The van der Waals surface area contributed by atoms with Gasteiger partial charge in [-0.25, -0.2) is 14.5 Å². The van der Waals surface area contributed by atoms with E-state index in [4.69, 9.17) is 5.73 Å². The van der Waals surface area contributed by atoms with Gasteiger partial charge in [0.05, 0.1) is 6.20 Å². The molecular weight excluding hydrogens is 432 g/mol. The number of amides is 1. The van der Waals surface area contributed by atoms with Crippen molar-refractivity contribution in [1.82, 2.24) is 34.7 Å². The molecular formula is C23H26N10O. The molecule has 34 heavy (non-hydrogen) atoms. The van der Waals surface area contributed by atoms with Crippen LogP contribution in [0.4, 0.5) is 17.2 Å². The van der Waals surface area contributed by atoms with Crippen LogP contribution in [0.15, 0.2) is 42.9 Å². The van der Waals surface area contributed by atoms with E-state index in [0.717, 1.165) is 18.8 Å². The Morgan fingerprint density at radius 3 is 2.68 bits per heavy atom. The molecule has 1 amide bonds. The lowest BCUT2D eigenvalue weighted by atomic mass is 10.2. The van der Waals surface area contributed by atoms with Crippen molar-refractivity contribution in [2.75, 3.05) is 23.3 Å². The number of carbonyl (C=O) groups is 1. The van der Waals surface area contributed by atoms with Crippen LogP contribution in [0.25, 0.3) is 17.0 Å². The number of fused-ring (bicyclic) bond motifs is 3. The van der Waals surface area contributed by atoms with Crippen LogP contribution in [0.1, 0.15) is 30.8 Å². The molecule has 0 radical (unpaired) electrons. The fraction of sp³-hybridized carbons (Fsp3) is 0.348.